The number of hydrogen-bond donors (Lipinski definition) is 2. The molecule has 1 aliphatic carbocycles. The van der Waals surface area contributed by atoms with Crippen LogP contribution in [-0.4, -0.2) is 63.2 Å². The van der Waals surface area contributed by atoms with Crippen molar-refractivity contribution >= 4 is 17.7 Å². The number of H-pyrrole nitrogens is 1. The van der Waals surface area contributed by atoms with E-state index in [1.807, 2.05) is 5.10 Å². The van der Waals surface area contributed by atoms with Gasteiger partial charge < -0.3 is 15.1 Å². The number of anilines is 2. The molecule has 2 unspecified atom stereocenters. The van der Waals surface area contributed by atoms with Crippen molar-refractivity contribution in [2.24, 2.45) is 5.92 Å². The minimum Gasteiger partial charge on any atom is -0.366 e. The first-order valence-electron chi connectivity index (χ1n) is 10.8. The first-order valence-corrected chi connectivity index (χ1v) is 10.8. The van der Waals surface area contributed by atoms with E-state index < -0.39 is 29.0 Å². The molecule has 35 heavy (non-hydrogen) atoms. The molecule has 0 radical (unpaired) electrons. The van der Waals surface area contributed by atoms with E-state index in [1.165, 1.54) is 0 Å². The van der Waals surface area contributed by atoms with Crippen LogP contribution in [-0.2, 0) is 17.1 Å². The molecule has 1 aliphatic heterocycles. The summed E-state index contributed by atoms with van der Waals surface area (Å²) in [5.41, 5.74) is -3.62. The van der Waals surface area contributed by atoms with E-state index in [2.05, 4.69) is 20.4 Å². The molecule has 1 amide bonds. The number of piperazine rings is 1. The highest BCUT2D eigenvalue weighted by Crippen LogP contribution is 2.32. The maximum Gasteiger partial charge on any atom is 0.421 e. The van der Waals surface area contributed by atoms with Gasteiger partial charge in [0.2, 0.25) is 11.9 Å². The number of aromatic amines is 1. The van der Waals surface area contributed by atoms with Gasteiger partial charge in [-0.25, -0.2) is 15.1 Å². The minimum atomic E-state index is -4.81. The quantitative estimate of drug-likeness (QED) is 0.615. The Kier molecular flexibility index (Phi) is 6.60. The van der Waals surface area contributed by atoms with E-state index in [9.17, 15) is 35.9 Å². The molecular formula is C20H21F6N7O2. The lowest BCUT2D eigenvalue weighted by molar-refractivity contribution is -0.139. The van der Waals surface area contributed by atoms with Crippen LogP contribution in [0.5, 0.6) is 0 Å². The average molecular weight is 505 g/mol. The Morgan fingerprint density at radius 1 is 1.00 bits per heavy atom. The maximum absolute atomic E-state index is 12.9. The van der Waals surface area contributed by atoms with Crippen molar-refractivity contribution in [2.75, 3.05) is 36.4 Å². The van der Waals surface area contributed by atoms with E-state index in [0.717, 1.165) is 12.4 Å². The zero-order valence-electron chi connectivity index (χ0n) is 18.2. The fraction of sp³-hybridized carbons (Fsp3) is 0.550. The summed E-state index contributed by atoms with van der Waals surface area (Å²) >= 11 is 0. The zero-order chi connectivity index (χ0) is 25.4. The Labute approximate surface area is 194 Å². The fourth-order valence-electron chi connectivity index (χ4n) is 4.25. The summed E-state index contributed by atoms with van der Waals surface area (Å²) in [7, 11) is 0. The van der Waals surface area contributed by atoms with E-state index in [0.29, 0.717) is 51.5 Å². The number of carbonyl (C=O) groups excluding carboxylic acids is 1. The predicted octanol–water partition coefficient (Wildman–Crippen LogP) is 2.53. The van der Waals surface area contributed by atoms with Crippen molar-refractivity contribution in [1.82, 2.24) is 25.1 Å². The minimum absolute atomic E-state index is 0.0901. The second-order valence-corrected chi connectivity index (χ2v) is 8.43. The van der Waals surface area contributed by atoms with Gasteiger partial charge in [0.15, 0.2) is 0 Å². The normalized spacial score (nSPS) is 21.3. The SMILES string of the molecule is O=C(C1CCC(Nc2cc(C(F)(F)F)c(=O)[nH]n2)C1)N1CCN(c2ncc(C(F)(F)F)cn2)CC1. The molecule has 4 rings (SSSR count). The van der Waals surface area contributed by atoms with Crippen molar-refractivity contribution in [1.29, 1.82) is 0 Å². The molecule has 2 aromatic rings. The van der Waals surface area contributed by atoms with Crippen LogP contribution < -0.4 is 15.8 Å². The lowest BCUT2D eigenvalue weighted by Gasteiger charge is -2.36. The number of carbonyl (C=O) groups is 1. The van der Waals surface area contributed by atoms with Crippen molar-refractivity contribution in [3.05, 3.63) is 39.9 Å². The molecule has 0 spiro atoms. The Bertz CT molecular complexity index is 1110. The molecule has 3 heterocycles. The third-order valence-electron chi connectivity index (χ3n) is 6.08. The first-order chi connectivity index (χ1) is 16.4. The summed E-state index contributed by atoms with van der Waals surface area (Å²) in [6, 6.07) is 0.363. The van der Waals surface area contributed by atoms with Gasteiger partial charge in [-0.3, -0.25) is 9.59 Å². The summed E-state index contributed by atoms with van der Waals surface area (Å²) in [6.07, 6.45) is -6.42. The van der Waals surface area contributed by atoms with Crippen LogP contribution in [0.25, 0.3) is 0 Å². The Morgan fingerprint density at radius 3 is 2.26 bits per heavy atom. The van der Waals surface area contributed by atoms with Crippen molar-refractivity contribution in [3.63, 3.8) is 0 Å². The topological polar surface area (TPSA) is 107 Å². The molecule has 2 aromatic heterocycles. The van der Waals surface area contributed by atoms with Gasteiger partial charge in [0.1, 0.15) is 11.4 Å². The van der Waals surface area contributed by atoms with Crippen LogP contribution in [0.15, 0.2) is 23.3 Å². The largest absolute Gasteiger partial charge is 0.421 e. The van der Waals surface area contributed by atoms with E-state index in [-0.39, 0.29) is 29.6 Å². The number of aromatic nitrogens is 4. The number of halogens is 6. The van der Waals surface area contributed by atoms with E-state index >= 15 is 0 Å². The molecule has 1 saturated heterocycles. The van der Waals surface area contributed by atoms with Gasteiger partial charge in [-0.1, -0.05) is 0 Å². The average Bonchev–Trinajstić information content (AvgIpc) is 3.27. The molecule has 2 atom stereocenters. The fourth-order valence-corrected chi connectivity index (χ4v) is 4.25. The Hall–Kier alpha value is -3.39. The summed E-state index contributed by atoms with van der Waals surface area (Å²) in [5.74, 6) is -0.388. The van der Waals surface area contributed by atoms with Crippen LogP contribution in [0, 0.1) is 5.92 Å². The molecule has 15 heteroatoms. The second kappa shape index (κ2) is 9.34. The highest BCUT2D eigenvalue weighted by Gasteiger charge is 2.37. The maximum atomic E-state index is 12.9. The Balaban J connectivity index is 1.30. The van der Waals surface area contributed by atoms with Crippen molar-refractivity contribution in [2.45, 2.75) is 37.7 Å². The number of rotatable bonds is 4. The third kappa shape index (κ3) is 5.65. The summed E-state index contributed by atoms with van der Waals surface area (Å²) in [5, 5.41) is 8.29. The van der Waals surface area contributed by atoms with Gasteiger partial charge >= 0.3 is 12.4 Å². The monoisotopic (exact) mass is 505 g/mol. The molecule has 0 aromatic carbocycles. The summed E-state index contributed by atoms with van der Waals surface area (Å²) in [6.45, 7) is 1.39. The van der Waals surface area contributed by atoms with Gasteiger partial charge in [-0.2, -0.15) is 31.4 Å². The lowest BCUT2D eigenvalue weighted by Crippen LogP contribution is -2.50. The molecule has 2 fully saturated rings. The standard InChI is InChI=1S/C20H21F6N7O2/c21-19(22,23)12-9-27-18(28-10-12)33-5-3-32(4-6-33)17(35)11-1-2-13(7-11)29-15-8-14(20(24,25)26)16(34)31-30-15/h8-11,13H,1-7H2,(H,29,30)(H,31,34). The molecule has 2 aliphatic rings. The Morgan fingerprint density at radius 2 is 1.66 bits per heavy atom. The number of nitrogens with one attached hydrogen (secondary N) is 2. The van der Waals surface area contributed by atoms with Gasteiger partial charge in [-0.15, -0.1) is 0 Å². The van der Waals surface area contributed by atoms with Crippen molar-refractivity contribution < 1.29 is 31.1 Å². The molecule has 9 nitrogen and oxygen atoms in total. The van der Waals surface area contributed by atoms with E-state index in [1.54, 1.807) is 9.80 Å². The van der Waals surface area contributed by atoms with Crippen LogP contribution >= 0.6 is 0 Å². The van der Waals surface area contributed by atoms with Crippen LogP contribution in [0.1, 0.15) is 30.4 Å². The smallest absolute Gasteiger partial charge is 0.366 e. The predicted molar refractivity (Wildman–Crippen MR) is 110 cm³/mol. The second-order valence-electron chi connectivity index (χ2n) is 8.43. The van der Waals surface area contributed by atoms with Gasteiger partial charge in [0.05, 0.1) is 5.56 Å². The van der Waals surface area contributed by atoms with Gasteiger partial charge in [0.25, 0.3) is 5.56 Å². The van der Waals surface area contributed by atoms with Gasteiger partial charge in [-0.05, 0) is 19.3 Å². The molecule has 1 saturated carbocycles. The molecule has 0 bridgehead atoms. The lowest BCUT2D eigenvalue weighted by atomic mass is 10.1. The first kappa shape index (κ1) is 24.7. The number of nitrogens with zero attached hydrogens (tertiary/aromatic N) is 5. The van der Waals surface area contributed by atoms with E-state index in [4.69, 9.17) is 0 Å². The van der Waals surface area contributed by atoms with Crippen LogP contribution in [0.4, 0.5) is 38.1 Å². The highest BCUT2D eigenvalue weighted by atomic mass is 19.4. The van der Waals surface area contributed by atoms with Crippen molar-refractivity contribution in [3.8, 4) is 0 Å². The summed E-state index contributed by atoms with van der Waals surface area (Å²) in [4.78, 5) is 35.2. The molecule has 2 N–H and O–H groups in total. The summed E-state index contributed by atoms with van der Waals surface area (Å²) < 4.78 is 76.8. The zero-order valence-corrected chi connectivity index (χ0v) is 18.2. The molecule has 190 valence electrons. The van der Waals surface area contributed by atoms with Crippen LogP contribution in [0.2, 0.25) is 0 Å². The number of hydrogen-bond acceptors (Lipinski definition) is 7. The van der Waals surface area contributed by atoms with Gasteiger partial charge in [0, 0.05) is 56.6 Å². The number of alkyl halides is 6. The highest BCUT2D eigenvalue weighted by molar-refractivity contribution is 5.79. The number of amides is 1. The van der Waals surface area contributed by atoms with Crippen LogP contribution in [0.3, 0.4) is 0 Å². The third-order valence-corrected chi connectivity index (χ3v) is 6.08. The molecular weight excluding hydrogens is 484 g/mol.